The van der Waals surface area contributed by atoms with Crippen LogP contribution in [0.5, 0.6) is 0 Å². The Balaban J connectivity index is 1.70. The van der Waals surface area contributed by atoms with Crippen LogP contribution in [0, 0.1) is 6.92 Å². The van der Waals surface area contributed by atoms with Gasteiger partial charge >= 0.3 is 0 Å². The second-order valence-corrected chi connectivity index (χ2v) is 7.58. The molecule has 0 saturated heterocycles. The zero-order valence-corrected chi connectivity index (χ0v) is 16.8. The first-order chi connectivity index (χ1) is 14.6. The molecular formula is C22H17N5O2S. The molecule has 0 radical (unpaired) electrons. The molecule has 2 heterocycles. The molecule has 30 heavy (non-hydrogen) atoms. The van der Waals surface area contributed by atoms with Crippen LogP contribution in [-0.4, -0.2) is 21.0 Å². The summed E-state index contributed by atoms with van der Waals surface area (Å²) in [4.78, 5) is 21.2. The van der Waals surface area contributed by atoms with Gasteiger partial charge in [-0.05, 0) is 37.3 Å². The summed E-state index contributed by atoms with van der Waals surface area (Å²) in [6.07, 6.45) is 3.11. The first-order valence-electron chi connectivity index (χ1n) is 9.09. The molecular weight excluding hydrogens is 398 g/mol. The molecule has 2 N–H and O–H groups in total. The molecule has 7 nitrogen and oxygen atoms in total. The van der Waals surface area contributed by atoms with Crippen molar-refractivity contribution in [2.24, 2.45) is 10.2 Å². The number of aliphatic hydroxyl groups excluding tert-OH is 1. The number of amides is 1. The van der Waals surface area contributed by atoms with Crippen molar-refractivity contribution in [3.05, 3.63) is 89.3 Å². The van der Waals surface area contributed by atoms with Gasteiger partial charge < -0.3 is 10.4 Å². The van der Waals surface area contributed by atoms with E-state index in [0.29, 0.717) is 16.9 Å². The highest BCUT2D eigenvalue weighted by molar-refractivity contribution is 7.18. The Morgan fingerprint density at radius 3 is 2.70 bits per heavy atom. The number of benzene rings is 2. The number of anilines is 1. The van der Waals surface area contributed by atoms with E-state index >= 15 is 0 Å². The SMILES string of the molecule is Cc1nc2ccc(N=N/C(C(=O)Nc3cccnc3)=C(\O)c3ccccc3)cc2s1. The highest BCUT2D eigenvalue weighted by atomic mass is 32.1. The Hall–Kier alpha value is -3.91. The van der Waals surface area contributed by atoms with Crippen molar-refractivity contribution in [2.45, 2.75) is 6.92 Å². The molecule has 2 aromatic carbocycles. The molecule has 0 aliphatic heterocycles. The van der Waals surface area contributed by atoms with Gasteiger partial charge in [0.15, 0.2) is 11.5 Å². The van der Waals surface area contributed by atoms with Gasteiger partial charge in [-0.2, -0.15) is 5.11 Å². The average molecular weight is 415 g/mol. The molecule has 0 unspecified atom stereocenters. The lowest BCUT2D eigenvalue weighted by Crippen LogP contribution is -2.15. The number of hydrogen-bond acceptors (Lipinski definition) is 7. The second kappa shape index (κ2) is 8.62. The number of aryl methyl sites for hydroxylation is 1. The molecule has 4 aromatic rings. The summed E-state index contributed by atoms with van der Waals surface area (Å²) in [5, 5.41) is 22.6. The Kier molecular flexibility index (Phi) is 5.58. The van der Waals surface area contributed by atoms with Crippen molar-refractivity contribution >= 4 is 44.6 Å². The van der Waals surface area contributed by atoms with Crippen molar-refractivity contribution in [1.29, 1.82) is 0 Å². The average Bonchev–Trinajstić information content (AvgIpc) is 3.14. The lowest BCUT2D eigenvalue weighted by atomic mass is 10.1. The molecule has 4 rings (SSSR count). The highest BCUT2D eigenvalue weighted by Gasteiger charge is 2.17. The first-order valence-corrected chi connectivity index (χ1v) is 9.91. The molecule has 0 aliphatic carbocycles. The van der Waals surface area contributed by atoms with Crippen molar-refractivity contribution in [3.63, 3.8) is 0 Å². The number of aliphatic hydroxyl groups is 1. The van der Waals surface area contributed by atoms with Crippen LogP contribution in [-0.2, 0) is 4.79 Å². The topological polar surface area (TPSA) is 99.8 Å². The predicted octanol–water partition coefficient (Wildman–Crippen LogP) is 5.65. The molecule has 148 valence electrons. The maximum absolute atomic E-state index is 12.8. The van der Waals surface area contributed by atoms with Gasteiger partial charge in [0.2, 0.25) is 0 Å². The summed E-state index contributed by atoms with van der Waals surface area (Å²) in [5.41, 5.74) is 2.18. The lowest BCUT2D eigenvalue weighted by molar-refractivity contribution is -0.112. The van der Waals surface area contributed by atoms with Gasteiger partial charge in [-0.15, -0.1) is 16.5 Å². The molecule has 0 saturated carbocycles. The van der Waals surface area contributed by atoms with Gasteiger partial charge in [0.25, 0.3) is 5.91 Å². The molecule has 8 heteroatoms. The molecule has 1 amide bonds. The number of pyridine rings is 1. The standard InChI is InChI=1S/C22H17N5O2S/c1-14-24-18-10-9-16(12-19(18)30-14)26-27-20(21(28)15-6-3-2-4-7-15)22(29)25-17-8-5-11-23-13-17/h2-13,28H,1H3,(H,25,29)/b21-20-,27-26?. The summed E-state index contributed by atoms with van der Waals surface area (Å²) >= 11 is 1.55. The van der Waals surface area contributed by atoms with E-state index in [9.17, 15) is 9.90 Å². The Morgan fingerprint density at radius 2 is 1.93 bits per heavy atom. The molecule has 0 spiro atoms. The number of aromatic nitrogens is 2. The van der Waals surface area contributed by atoms with Crippen molar-refractivity contribution in [3.8, 4) is 0 Å². The van der Waals surface area contributed by atoms with Crippen LogP contribution in [0.25, 0.3) is 16.0 Å². The van der Waals surface area contributed by atoms with Gasteiger partial charge in [0.1, 0.15) is 0 Å². The second-order valence-electron chi connectivity index (χ2n) is 6.34. The third-order valence-electron chi connectivity index (χ3n) is 4.15. The predicted molar refractivity (Wildman–Crippen MR) is 118 cm³/mol. The summed E-state index contributed by atoms with van der Waals surface area (Å²) in [7, 11) is 0. The van der Waals surface area contributed by atoms with E-state index in [1.54, 1.807) is 60.0 Å². The molecule has 0 atom stereocenters. The van der Waals surface area contributed by atoms with E-state index in [4.69, 9.17) is 0 Å². The third kappa shape index (κ3) is 4.39. The Morgan fingerprint density at radius 1 is 1.10 bits per heavy atom. The normalized spacial score (nSPS) is 12.2. The van der Waals surface area contributed by atoms with Crippen LogP contribution in [0.1, 0.15) is 10.6 Å². The van der Waals surface area contributed by atoms with Crippen LogP contribution in [0.15, 0.2) is 89.0 Å². The monoisotopic (exact) mass is 415 g/mol. The smallest absolute Gasteiger partial charge is 0.280 e. The quantitative estimate of drug-likeness (QED) is 0.250. The Labute approximate surface area is 176 Å². The van der Waals surface area contributed by atoms with Crippen molar-refractivity contribution < 1.29 is 9.90 Å². The minimum absolute atomic E-state index is 0.203. The number of rotatable bonds is 5. The van der Waals surface area contributed by atoms with E-state index in [1.165, 1.54) is 6.20 Å². The zero-order valence-electron chi connectivity index (χ0n) is 16.0. The third-order valence-corrected chi connectivity index (χ3v) is 5.08. The van der Waals surface area contributed by atoms with Crippen LogP contribution in [0.3, 0.4) is 0 Å². The van der Waals surface area contributed by atoms with Gasteiger partial charge in [-0.1, -0.05) is 30.3 Å². The van der Waals surface area contributed by atoms with E-state index in [0.717, 1.165) is 15.2 Å². The van der Waals surface area contributed by atoms with Crippen LogP contribution in [0.2, 0.25) is 0 Å². The number of nitrogens with zero attached hydrogens (tertiary/aromatic N) is 4. The maximum atomic E-state index is 12.8. The van der Waals surface area contributed by atoms with Gasteiger partial charge in [-0.3, -0.25) is 9.78 Å². The minimum Gasteiger partial charge on any atom is -0.505 e. The van der Waals surface area contributed by atoms with E-state index in [-0.39, 0.29) is 11.5 Å². The molecule has 0 bridgehead atoms. The minimum atomic E-state index is -0.595. The van der Waals surface area contributed by atoms with Crippen molar-refractivity contribution in [1.82, 2.24) is 9.97 Å². The number of thiazole rings is 1. The number of nitrogens with one attached hydrogen (secondary N) is 1. The number of carbonyl (C=O) groups excluding carboxylic acids is 1. The Bertz CT molecular complexity index is 1250. The van der Waals surface area contributed by atoms with Crippen LogP contribution >= 0.6 is 11.3 Å². The van der Waals surface area contributed by atoms with E-state index in [2.05, 4.69) is 25.5 Å². The van der Waals surface area contributed by atoms with Gasteiger partial charge in [0, 0.05) is 11.8 Å². The number of fused-ring (bicyclic) bond motifs is 1. The summed E-state index contributed by atoms with van der Waals surface area (Å²) in [6.45, 7) is 1.94. The van der Waals surface area contributed by atoms with Crippen LogP contribution < -0.4 is 5.32 Å². The fourth-order valence-electron chi connectivity index (χ4n) is 2.76. The molecule has 0 aliphatic rings. The fraction of sp³-hybridized carbons (Fsp3) is 0.0455. The first kappa shape index (κ1) is 19.4. The summed E-state index contributed by atoms with van der Waals surface area (Å²) in [5.74, 6) is -0.863. The van der Waals surface area contributed by atoms with Crippen LogP contribution in [0.4, 0.5) is 11.4 Å². The molecule has 0 fully saturated rings. The molecule has 2 aromatic heterocycles. The number of azo groups is 1. The number of hydrogen-bond donors (Lipinski definition) is 2. The van der Waals surface area contributed by atoms with Crippen molar-refractivity contribution in [2.75, 3.05) is 5.32 Å². The largest absolute Gasteiger partial charge is 0.505 e. The van der Waals surface area contributed by atoms with Gasteiger partial charge in [-0.25, -0.2) is 4.98 Å². The van der Waals surface area contributed by atoms with Gasteiger partial charge in [0.05, 0.1) is 32.8 Å². The lowest BCUT2D eigenvalue weighted by Gasteiger charge is -2.07. The summed E-state index contributed by atoms with van der Waals surface area (Å²) in [6, 6.07) is 17.6. The maximum Gasteiger partial charge on any atom is 0.280 e. The van der Waals surface area contributed by atoms with E-state index < -0.39 is 5.91 Å². The highest BCUT2D eigenvalue weighted by Crippen LogP contribution is 2.27. The summed E-state index contributed by atoms with van der Waals surface area (Å²) < 4.78 is 0.974. The fourth-order valence-corrected chi connectivity index (χ4v) is 3.62. The number of carbonyl (C=O) groups is 1. The van der Waals surface area contributed by atoms with E-state index in [1.807, 2.05) is 25.1 Å². The zero-order chi connectivity index (χ0) is 20.9.